The van der Waals surface area contributed by atoms with Crippen molar-refractivity contribution in [2.24, 2.45) is 5.92 Å². The zero-order valence-corrected chi connectivity index (χ0v) is 23.5. The first-order chi connectivity index (χ1) is 17.6. The topological polar surface area (TPSA) is 32.3 Å². The summed E-state index contributed by atoms with van der Waals surface area (Å²) in [7, 11) is -0.421. The molecule has 0 fully saturated rings. The van der Waals surface area contributed by atoms with E-state index in [2.05, 4.69) is 37.9 Å². The Kier molecular flexibility index (Phi) is 9.81. The van der Waals surface area contributed by atoms with Crippen LogP contribution in [0.15, 0.2) is 90.1 Å². The van der Waals surface area contributed by atoms with Crippen molar-refractivity contribution in [1.29, 1.82) is 0 Å². The van der Waals surface area contributed by atoms with Crippen molar-refractivity contribution >= 4 is 25.1 Å². The van der Waals surface area contributed by atoms with Gasteiger partial charge in [-0.05, 0) is 85.4 Å². The Morgan fingerprint density at radius 3 is 2.57 bits per heavy atom. The van der Waals surface area contributed by atoms with Crippen LogP contribution in [-0.2, 0) is 6.42 Å². The van der Waals surface area contributed by atoms with E-state index in [4.69, 9.17) is 0 Å². The molecule has 1 aliphatic rings. The minimum Gasteiger partial charge on any atom is -0.342 e. The van der Waals surface area contributed by atoms with Gasteiger partial charge in [-0.25, -0.2) is 4.39 Å². The fraction of sp³-hybridized carbons (Fsp3) is 0.312. The minimum atomic E-state index is -2.48. The van der Waals surface area contributed by atoms with E-state index in [9.17, 15) is 13.9 Å². The normalized spacial score (nSPS) is 19.8. The van der Waals surface area contributed by atoms with Gasteiger partial charge in [0, 0.05) is 19.4 Å². The lowest BCUT2D eigenvalue weighted by Crippen LogP contribution is -2.23. The quantitative estimate of drug-likeness (QED) is 0.187. The Bertz CT molecular complexity index is 1270. The maximum atomic E-state index is 14.8. The highest BCUT2D eigenvalue weighted by Gasteiger charge is 2.37. The molecule has 0 amide bonds. The zero-order valence-electron chi connectivity index (χ0n) is 22.5. The lowest BCUT2D eigenvalue weighted by molar-refractivity contribution is 0.0306. The third-order valence-electron chi connectivity index (χ3n) is 6.84. The van der Waals surface area contributed by atoms with E-state index < -0.39 is 14.3 Å². The van der Waals surface area contributed by atoms with Crippen LogP contribution in [0.4, 0.5) is 14.5 Å². The summed E-state index contributed by atoms with van der Waals surface area (Å²) in [5, 5.41) is 13.8. The summed E-state index contributed by atoms with van der Waals surface area (Å²) in [6, 6.07) is 10.7. The Morgan fingerprint density at radius 1 is 1.19 bits per heavy atom. The predicted octanol–water partition coefficient (Wildman–Crippen LogP) is 8.50. The summed E-state index contributed by atoms with van der Waals surface area (Å²) >= 11 is 0. The van der Waals surface area contributed by atoms with Crippen molar-refractivity contribution in [2.75, 3.05) is 5.32 Å². The molecule has 3 unspecified atom stereocenters. The maximum absolute atomic E-state index is 14.8. The first-order valence-corrected chi connectivity index (χ1v) is 13.9. The lowest BCUT2D eigenvalue weighted by Gasteiger charge is -2.25. The van der Waals surface area contributed by atoms with Gasteiger partial charge >= 0.3 is 5.72 Å². The molecule has 2 aromatic carbocycles. The number of hydrogen-bond acceptors (Lipinski definition) is 2. The van der Waals surface area contributed by atoms with Crippen LogP contribution in [-0.4, -0.2) is 10.8 Å². The average Bonchev–Trinajstić information content (AvgIpc) is 3.19. The molecule has 0 saturated carbocycles. The summed E-state index contributed by atoms with van der Waals surface area (Å²) in [5.74, 6) is -0.00495. The van der Waals surface area contributed by atoms with E-state index in [0.29, 0.717) is 24.1 Å². The average molecular weight is 522 g/mol. The number of anilines is 1. The van der Waals surface area contributed by atoms with Gasteiger partial charge in [-0.2, -0.15) is 4.39 Å². The Labute approximate surface area is 222 Å². The molecule has 3 atom stereocenters. The van der Waals surface area contributed by atoms with Gasteiger partial charge in [0.2, 0.25) is 0 Å². The van der Waals surface area contributed by atoms with Crippen molar-refractivity contribution in [3.63, 3.8) is 0 Å². The third-order valence-corrected chi connectivity index (χ3v) is 7.99. The van der Waals surface area contributed by atoms with Crippen LogP contribution in [0.25, 0.3) is 5.57 Å². The molecule has 1 heterocycles. The number of benzene rings is 2. The largest absolute Gasteiger partial charge is 0.342 e. The van der Waals surface area contributed by atoms with Gasteiger partial charge in [-0.15, -0.1) is 0 Å². The van der Waals surface area contributed by atoms with Crippen molar-refractivity contribution in [3.8, 4) is 0 Å². The fourth-order valence-corrected chi connectivity index (χ4v) is 5.65. The highest BCUT2D eigenvalue weighted by atomic mass is 31.1. The summed E-state index contributed by atoms with van der Waals surface area (Å²) in [5.41, 5.74) is 4.46. The van der Waals surface area contributed by atoms with E-state index >= 15 is 0 Å². The molecule has 0 radical (unpaired) electrons. The highest BCUT2D eigenvalue weighted by Crippen LogP contribution is 2.47. The van der Waals surface area contributed by atoms with Gasteiger partial charge in [-0.3, -0.25) is 0 Å². The van der Waals surface area contributed by atoms with Crippen LogP contribution in [0.2, 0.25) is 0 Å². The first-order valence-electron chi connectivity index (χ1n) is 12.9. The zero-order chi connectivity index (χ0) is 27.2. The highest BCUT2D eigenvalue weighted by molar-refractivity contribution is 7.49. The van der Waals surface area contributed by atoms with Crippen LogP contribution in [0, 0.1) is 18.7 Å². The first kappa shape index (κ1) is 28.8. The number of halogens is 2. The number of aliphatic hydroxyl groups is 1. The van der Waals surface area contributed by atoms with Gasteiger partial charge in [0.05, 0.1) is 5.69 Å². The van der Waals surface area contributed by atoms with Crippen LogP contribution in [0.3, 0.4) is 0 Å². The van der Waals surface area contributed by atoms with E-state index in [0.717, 1.165) is 45.1 Å². The second-order valence-electron chi connectivity index (χ2n) is 9.48. The summed E-state index contributed by atoms with van der Waals surface area (Å²) in [4.78, 5) is 0. The van der Waals surface area contributed by atoms with Crippen molar-refractivity contribution < 1.29 is 13.9 Å². The number of fused-ring (bicyclic) bond motifs is 1. The van der Waals surface area contributed by atoms with Gasteiger partial charge < -0.3 is 10.4 Å². The lowest BCUT2D eigenvalue weighted by atomic mass is 9.80. The number of allylic oxidation sites excluding steroid dienone is 9. The van der Waals surface area contributed by atoms with Crippen LogP contribution in [0.5, 0.6) is 0 Å². The summed E-state index contributed by atoms with van der Waals surface area (Å²) in [6.45, 7) is 14.7. The van der Waals surface area contributed by atoms with E-state index in [1.165, 1.54) is 6.07 Å². The van der Waals surface area contributed by atoms with Gasteiger partial charge in [-0.1, -0.05) is 81.1 Å². The van der Waals surface area contributed by atoms with Gasteiger partial charge in [0.15, 0.2) is 0 Å². The van der Waals surface area contributed by atoms with Crippen molar-refractivity contribution in [3.05, 3.63) is 113 Å². The van der Waals surface area contributed by atoms with Crippen molar-refractivity contribution in [1.82, 2.24) is 0 Å². The monoisotopic (exact) mass is 521 g/mol. The molecule has 5 heteroatoms. The summed E-state index contributed by atoms with van der Waals surface area (Å²) < 4.78 is 29.4. The molecule has 2 nitrogen and oxygen atoms in total. The van der Waals surface area contributed by atoms with Crippen molar-refractivity contribution in [2.45, 2.75) is 59.6 Å². The smallest absolute Gasteiger partial charge is 0.303 e. The summed E-state index contributed by atoms with van der Waals surface area (Å²) in [6.07, 6.45) is 12.1. The molecule has 0 aliphatic carbocycles. The van der Waals surface area contributed by atoms with E-state index in [-0.39, 0.29) is 11.7 Å². The molecule has 1 aliphatic heterocycles. The Morgan fingerprint density at radius 2 is 1.92 bits per heavy atom. The van der Waals surface area contributed by atoms with E-state index in [1.54, 1.807) is 6.07 Å². The molecule has 37 heavy (non-hydrogen) atoms. The minimum absolute atomic E-state index is 0.218. The molecular formula is C32H38F2NOP. The fourth-order valence-electron chi connectivity index (χ4n) is 4.63. The SMILES string of the molecule is C=C(C(=C\C=C/C)/C(=C(\C=CC)CCc1ccccc1F)c1c(C)ccc2c1NC(O)(F)P2)C(C)CC. The molecule has 2 aromatic rings. The molecule has 0 spiro atoms. The van der Waals surface area contributed by atoms with Crippen LogP contribution in [0.1, 0.15) is 57.2 Å². The molecule has 0 aromatic heterocycles. The van der Waals surface area contributed by atoms with Crippen LogP contribution >= 0.6 is 8.58 Å². The number of rotatable bonds is 10. The molecule has 196 valence electrons. The Hall–Kier alpha value is -2.81. The van der Waals surface area contributed by atoms with E-state index in [1.807, 2.05) is 63.3 Å². The second-order valence-corrected chi connectivity index (χ2v) is 10.9. The molecule has 3 rings (SSSR count). The molecule has 2 N–H and O–H groups in total. The third kappa shape index (κ3) is 6.74. The molecular weight excluding hydrogens is 483 g/mol. The number of alkyl halides is 1. The molecule has 0 saturated heterocycles. The van der Waals surface area contributed by atoms with Crippen LogP contribution < -0.4 is 10.6 Å². The number of hydrogen-bond donors (Lipinski definition) is 2. The van der Waals surface area contributed by atoms with Gasteiger partial charge in [0.1, 0.15) is 5.82 Å². The number of aryl methyl sites for hydroxylation is 2. The predicted molar refractivity (Wildman–Crippen MR) is 157 cm³/mol. The molecule has 0 bridgehead atoms. The number of nitrogens with one attached hydrogen (secondary N) is 1. The van der Waals surface area contributed by atoms with Gasteiger partial charge in [0.25, 0.3) is 0 Å². The maximum Gasteiger partial charge on any atom is 0.303 e. The second kappa shape index (κ2) is 12.6. The standard InChI is InChI=1S/C32H38F2NOP/c1-7-10-15-26(23(6)21(4)9-3)30(25(13-8-2)19-18-24-14-11-12-16-27(24)33)29-22(5)17-20-28-31(29)35-32(34,36)37-28/h7-8,10-17,20-21,35-37H,6,9,18-19H2,1-5H3/b10-7-,13-8?,26-15+,30-25-. The Balaban J connectivity index is 2.34.